The van der Waals surface area contributed by atoms with Crippen LogP contribution in [0.5, 0.6) is 0 Å². The fraction of sp³-hybridized carbons (Fsp3) is 0.857. The number of carboxylic acid groups (broad SMARTS) is 1. The van der Waals surface area contributed by atoms with E-state index in [0.717, 1.165) is 17.1 Å². The third kappa shape index (κ3) is 1.41. The molecule has 0 aromatic rings. The number of hydrogen-bond acceptors (Lipinski definition) is 3. The maximum absolute atomic E-state index is 11.7. The molecule has 0 aromatic heterocycles. The van der Waals surface area contributed by atoms with Crippen LogP contribution in [0.1, 0.15) is 12.8 Å². The molecule has 80 valence electrons. The molecule has 2 heterocycles. The van der Waals surface area contributed by atoms with Crippen molar-refractivity contribution in [3.8, 4) is 0 Å². The number of aliphatic carboxylic acids is 1. The molecular formula is C7H12N2O4S. The topological polar surface area (TPSA) is 77.9 Å². The molecule has 2 fully saturated rings. The number of nitrogens with zero attached hydrogens (tertiary/aromatic N) is 2. The Morgan fingerprint density at radius 1 is 1.50 bits per heavy atom. The Kier molecular flexibility index (Phi) is 2.24. The molecule has 0 amide bonds. The molecule has 0 bridgehead atoms. The zero-order valence-corrected chi connectivity index (χ0v) is 8.40. The van der Waals surface area contributed by atoms with Crippen LogP contribution in [0, 0.1) is 0 Å². The first kappa shape index (κ1) is 9.88. The smallest absolute Gasteiger partial charge is 0.318 e. The van der Waals surface area contributed by atoms with Crippen LogP contribution < -0.4 is 0 Å². The van der Waals surface area contributed by atoms with E-state index in [1.807, 2.05) is 0 Å². The molecule has 0 aromatic carbocycles. The summed E-state index contributed by atoms with van der Waals surface area (Å²) in [6.07, 6.45) is 1.72. The molecule has 14 heavy (non-hydrogen) atoms. The number of rotatable bonds is 2. The van der Waals surface area contributed by atoms with Gasteiger partial charge in [0.25, 0.3) is 10.2 Å². The van der Waals surface area contributed by atoms with Crippen molar-refractivity contribution in [2.24, 2.45) is 0 Å². The van der Waals surface area contributed by atoms with E-state index in [9.17, 15) is 13.2 Å². The highest BCUT2D eigenvalue weighted by molar-refractivity contribution is 7.87. The minimum Gasteiger partial charge on any atom is -0.480 e. The van der Waals surface area contributed by atoms with Gasteiger partial charge in [0.05, 0.1) is 0 Å². The van der Waals surface area contributed by atoms with E-state index in [2.05, 4.69) is 0 Å². The van der Waals surface area contributed by atoms with Gasteiger partial charge in [-0.1, -0.05) is 0 Å². The lowest BCUT2D eigenvalue weighted by Gasteiger charge is -2.14. The van der Waals surface area contributed by atoms with E-state index in [-0.39, 0.29) is 6.04 Å². The molecule has 0 radical (unpaired) electrons. The van der Waals surface area contributed by atoms with Crippen molar-refractivity contribution >= 4 is 16.2 Å². The Labute approximate surface area is 82.3 Å². The van der Waals surface area contributed by atoms with Crippen molar-refractivity contribution in [3.05, 3.63) is 0 Å². The molecular weight excluding hydrogens is 208 g/mol. The van der Waals surface area contributed by atoms with E-state index in [1.165, 1.54) is 4.31 Å². The second-order valence-corrected chi connectivity index (χ2v) is 5.48. The van der Waals surface area contributed by atoms with Gasteiger partial charge in [-0.25, -0.2) is 0 Å². The molecule has 2 rings (SSSR count). The minimum absolute atomic E-state index is 0.000602. The molecule has 2 aliphatic heterocycles. The highest BCUT2D eigenvalue weighted by Gasteiger charge is 2.46. The van der Waals surface area contributed by atoms with Crippen LogP contribution in [-0.4, -0.2) is 53.8 Å². The predicted octanol–water partition coefficient (Wildman–Crippen LogP) is -0.904. The van der Waals surface area contributed by atoms with Crippen molar-refractivity contribution in [1.82, 2.24) is 8.61 Å². The first-order chi connectivity index (χ1) is 6.51. The normalized spacial score (nSPS) is 31.9. The van der Waals surface area contributed by atoms with E-state index < -0.39 is 22.7 Å². The number of carbonyl (C=O) groups is 1. The monoisotopic (exact) mass is 220 g/mol. The average molecular weight is 220 g/mol. The lowest BCUT2D eigenvalue weighted by Crippen LogP contribution is -2.36. The standard InChI is InChI=1S/C7H12N2O4S/c10-7(11)5-8-4-6-2-1-3-9(6)14(8,12)13/h6H,1-5H2,(H,10,11). The van der Waals surface area contributed by atoms with Crippen LogP contribution in [0.3, 0.4) is 0 Å². The Morgan fingerprint density at radius 2 is 2.21 bits per heavy atom. The van der Waals surface area contributed by atoms with E-state index in [0.29, 0.717) is 13.1 Å². The van der Waals surface area contributed by atoms with Gasteiger partial charge in [0.15, 0.2) is 0 Å². The third-order valence-corrected chi connectivity index (χ3v) is 4.68. The summed E-state index contributed by atoms with van der Waals surface area (Å²) in [6, 6.07) is -0.000602. The maximum Gasteiger partial charge on any atom is 0.318 e. The molecule has 0 aliphatic carbocycles. The zero-order chi connectivity index (χ0) is 10.3. The highest BCUT2D eigenvalue weighted by atomic mass is 32.2. The Balaban J connectivity index is 2.19. The van der Waals surface area contributed by atoms with Gasteiger partial charge >= 0.3 is 5.97 Å². The van der Waals surface area contributed by atoms with E-state index in [4.69, 9.17) is 5.11 Å². The van der Waals surface area contributed by atoms with Gasteiger partial charge in [-0.2, -0.15) is 17.0 Å². The predicted molar refractivity (Wildman–Crippen MR) is 47.9 cm³/mol. The lowest BCUT2D eigenvalue weighted by atomic mass is 10.2. The molecule has 0 spiro atoms. The molecule has 7 heteroatoms. The fourth-order valence-electron chi connectivity index (χ4n) is 2.07. The quantitative estimate of drug-likeness (QED) is 0.654. The molecule has 2 aliphatic rings. The van der Waals surface area contributed by atoms with Crippen molar-refractivity contribution in [3.63, 3.8) is 0 Å². The summed E-state index contributed by atoms with van der Waals surface area (Å²) in [4.78, 5) is 10.4. The van der Waals surface area contributed by atoms with Gasteiger partial charge in [0.1, 0.15) is 6.54 Å². The average Bonchev–Trinajstić information content (AvgIpc) is 2.57. The zero-order valence-electron chi connectivity index (χ0n) is 7.59. The summed E-state index contributed by atoms with van der Waals surface area (Å²) in [5, 5.41) is 8.54. The molecule has 1 atom stereocenters. The summed E-state index contributed by atoms with van der Waals surface area (Å²) < 4.78 is 25.9. The second kappa shape index (κ2) is 3.18. The van der Waals surface area contributed by atoms with Crippen LogP contribution in [0.4, 0.5) is 0 Å². The van der Waals surface area contributed by atoms with Gasteiger partial charge in [0, 0.05) is 19.1 Å². The van der Waals surface area contributed by atoms with Gasteiger partial charge in [0.2, 0.25) is 0 Å². The van der Waals surface area contributed by atoms with Crippen molar-refractivity contribution in [2.75, 3.05) is 19.6 Å². The van der Waals surface area contributed by atoms with Crippen molar-refractivity contribution < 1.29 is 18.3 Å². The van der Waals surface area contributed by atoms with Crippen molar-refractivity contribution in [1.29, 1.82) is 0 Å². The lowest BCUT2D eigenvalue weighted by molar-refractivity contribution is -0.137. The summed E-state index contributed by atoms with van der Waals surface area (Å²) >= 11 is 0. The van der Waals surface area contributed by atoms with Crippen LogP contribution in [0.2, 0.25) is 0 Å². The van der Waals surface area contributed by atoms with Crippen LogP contribution in [-0.2, 0) is 15.0 Å². The van der Waals surface area contributed by atoms with Crippen LogP contribution >= 0.6 is 0 Å². The summed E-state index contributed by atoms with van der Waals surface area (Å²) in [5.41, 5.74) is 0. The number of fused-ring (bicyclic) bond motifs is 1. The van der Waals surface area contributed by atoms with Gasteiger partial charge in [-0.05, 0) is 12.8 Å². The Morgan fingerprint density at radius 3 is 2.79 bits per heavy atom. The van der Waals surface area contributed by atoms with Crippen molar-refractivity contribution in [2.45, 2.75) is 18.9 Å². The first-order valence-electron chi connectivity index (χ1n) is 4.50. The Hall–Kier alpha value is -0.660. The summed E-state index contributed by atoms with van der Waals surface area (Å²) in [5.74, 6) is -1.10. The summed E-state index contributed by atoms with van der Waals surface area (Å²) in [6.45, 7) is 0.438. The highest BCUT2D eigenvalue weighted by Crippen LogP contribution is 2.30. The fourth-order valence-corrected chi connectivity index (χ4v) is 3.91. The minimum atomic E-state index is -3.47. The first-order valence-corrected chi connectivity index (χ1v) is 5.90. The van der Waals surface area contributed by atoms with Gasteiger partial charge < -0.3 is 5.11 Å². The molecule has 2 saturated heterocycles. The summed E-state index contributed by atoms with van der Waals surface area (Å²) in [7, 11) is -3.47. The van der Waals surface area contributed by atoms with E-state index >= 15 is 0 Å². The van der Waals surface area contributed by atoms with E-state index in [1.54, 1.807) is 0 Å². The maximum atomic E-state index is 11.7. The number of hydrogen-bond donors (Lipinski definition) is 1. The molecule has 0 saturated carbocycles. The molecule has 1 N–H and O–H groups in total. The van der Waals surface area contributed by atoms with Gasteiger partial charge in [-0.3, -0.25) is 4.79 Å². The number of carboxylic acids is 1. The Bertz CT molecular complexity index is 353. The largest absolute Gasteiger partial charge is 0.480 e. The second-order valence-electron chi connectivity index (χ2n) is 3.60. The SMILES string of the molecule is O=C(O)CN1CC2CCCN2S1(=O)=O. The van der Waals surface area contributed by atoms with Gasteiger partial charge in [-0.15, -0.1) is 0 Å². The molecule has 1 unspecified atom stereocenters. The van der Waals surface area contributed by atoms with Crippen LogP contribution in [0.25, 0.3) is 0 Å². The van der Waals surface area contributed by atoms with Crippen LogP contribution in [0.15, 0.2) is 0 Å². The molecule has 6 nitrogen and oxygen atoms in total. The third-order valence-electron chi connectivity index (χ3n) is 2.67.